The number of benzene rings is 2. The van der Waals surface area contributed by atoms with Gasteiger partial charge in [0, 0.05) is 0 Å². The summed E-state index contributed by atoms with van der Waals surface area (Å²) in [5, 5.41) is 10.8. The molecule has 1 heterocycles. The average Bonchev–Trinajstić information content (AvgIpc) is 3.10. The molecule has 3 rings (SSSR count). The summed E-state index contributed by atoms with van der Waals surface area (Å²) in [5.74, 6) is -0.249. The number of amides is 1. The first kappa shape index (κ1) is 19.1. The highest BCUT2D eigenvalue weighted by molar-refractivity contribution is 6.07. The van der Waals surface area contributed by atoms with Gasteiger partial charge in [0.15, 0.2) is 5.69 Å². The number of para-hydroxylation sites is 1. The molecule has 1 N–H and O–H groups in total. The van der Waals surface area contributed by atoms with Gasteiger partial charge in [0.05, 0.1) is 36.3 Å². The van der Waals surface area contributed by atoms with Crippen LogP contribution in [0.25, 0.3) is 5.69 Å². The molecule has 144 valence electrons. The van der Waals surface area contributed by atoms with Crippen LogP contribution < -0.4 is 10.1 Å². The summed E-state index contributed by atoms with van der Waals surface area (Å²) in [4.78, 5) is 24.8. The highest BCUT2D eigenvalue weighted by Crippen LogP contribution is 2.20. The van der Waals surface area contributed by atoms with Gasteiger partial charge < -0.3 is 14.8 Å². The van der Waals surface area contributed by atoms with E-state index in [1.165, 1.54) is 0 Å². The molecule has 2 aromatic carbocycles. The minimum absolute atomic E-state index is 0.162. The standard InChI is InChI=1S/C20H20N4O4/c1-4-28-20(26)16-7-5-6-8-17(16)21-19(25)18-13(2)24(23-22-18)14-9-11-15(27-3)12-10-14/h5-12H,4H2,1-3H3,(H,21,25). The van der Waals surface area contributed by atoms with Crippen molar-refractivity contribution in [1.29, 1.82) is 0 Å². The average molecular weight is 380 g/mol. The van der Waals surface area contributed by atoms with E-state index in [9.17, 15) is 9.59 Å². The summed E-state index contributed by atoms with van der Waals surface area (Å²) >= 11 is 0. The first-order chi connectivity index (χ1) is 13.5. The molecule has 3 aromatic rings. The van der Waals surface area contributed by atoms with Crippen LogP contribution in [-0.4, -0.2) is 40.6 Å². The predicted molar refractivity (Wildman–Crippen MR) is 103 cm³/mol. The van der Waals surface area contributed by atoms with Crippen molar-refractivity contribution >= 4 is 17.6 Å². The molecule has 0 aliphatic rings. The highest BCUT2D eigenvalue weighted by atomic mass is 16.5. The van der Waals surface area contributed by atoms with E-state index in [4.69, 9.17) is 9.47 Å². The van der Waals surface area contributed by atoms with Gasteiger partial charge in [-0.15, -0.1) is 5.10 Å². The fraction of sp³-hybridized carbons (Fsp3) is 0.200. The summed E-state index contributed by atoms with van der Waals surface area (Å²) in [7, 11) is 1.59. The van der Waals surface area contributed by atoms with Crippen molar-refractivity contribution in [2.45, 2.75) is 13.8 Å². The van der Waals surface area contributed by atoms with E-state index in [2.05, 4.69) is 15.6 Å². The van der Waals surface area contributed by atoms with Gasteiger partial charge in [-0.25, -0.2) is 9.48 Å². The molecule has 0 unspecified atom stereocenters. The van der Waals surface area contributed by atoms with Crippen molar-refractivity contribution in [3.05, 3.63) is 65.5 Å². The third-order valence-corrected chi connectivity index (χ3v) is 4.10. The number of ether oxygens (including phenoxy) is 2. The molecule has 28 heavy (non-hydrogen) atoms. The predicted octanol–water partition coefficient (Wildman–Crippen LogP) is 3.01. The Morgan fingerprint density at radius 2 is 1.82 bits per heavy atom. The number of rotatable bonds is 6. The Balaban J connectivity index is 1.85. The summed E-state index contributed by atoms with van der Waals surface area (Å²) < 4.78 is 11.7. The minimum Gasteiger partial charge on any atom is -0.497 e. The second-order valence-corrected chi connectivity index (χ2v) is 5.85. The second-order valence-electron chi connectivity index (χ2n) is 5.85. The zero-order valence-corrected chi connectivity index (χ0v) is 15.8. The van der Waals surface area contributed by atoms with Gasteiger partial charge in [0.2, 0.25) is 0 Å². The Kier molecular flexibility index (Phi) is 5.69. The molecule has 0 spiro atoms. The maximum Gasteiger partial charge on any atom is 0.340 e. The lowest BCUT2D eigenvalue weighted by molar-refractivity contribution is 0.0527. The molecule has 0 atom stereocenters. The molecule has 8 heteroatoms. The lowest BCUT2D eigenvalue weighted by atomic mass is 10.1. The number of hydrogen-bond donors (Lipinski definition) is 1. The Morgan fingerprint density at radius 1 is 1.11 bits per heavy atom. The van der Waals surface area contributed by atoms with Crippen LogP contribution in [0.4, 0.5) is 5.69 Å². The third kappa shape index (κ3) is 3.85. The number of carbonyl (C=O) groups is 2. The molecule has 8 nitrogen and oxygen atoms in total. The maximum absolute atomic E-state index is 12.7. The normalized spacial score (nSPS) is 10.4. The second kappa shape index (κ2) is 8.34. The zero-order valence-electron chi connectivity index (χ0n) is 15.8. The Morgan fingerprint density at radius 3 is 2.50 bits per heavy atom. The lowest BCUT2D eigenvalue weighted by Gasteiger charge is -2.10. The van der Waals surface area contributed by atoms with E-state index in [1.54, 1.807) is 62.0 Å². The molecule has 0 bridgehead atoms. The maximum atomic E-state index is 12.7. The van der Waals surface area contributed by atoms with E-state index in [0.717, 1.165) is 11.4 Å². The Hall–Kier alpha value is -3.68. The summed E-state index contributed by atoms with van der Waals surface area (Å²) in [6.45, 7) is 3.72. The summed E-state index contributed by atoms with van der Waals surface area (Å²) in [5.41, 5.74) is 2.10. The van der Waals surface area contributed by atoms with Gasteiger partial charge in [-0.2, -0.15) is 0 Å². The van der Waals surface area contributed by atoms with Gasteiger partial charge in [-0.1, -0.05) is 17.3 Å². The zero-order chi connectivity index (χ0) is 20.1. The van der Waals surface area contributed by atoms with Crippen LogP contribution in [0.3, 0.4) is 0 Å². The summed E-state index contributed by atoms with van der Waals surface area (Å²) in [6.07, 6.45) is 0. The number of aromatic nitrogens is 3. The number of nitrogens with zero attached hydrogens (tertiary/aromatic N) is 3. The van der Waals surface area contributed by atoms with Gasteiger partial charge >= 0.3 is 5.97 Å². The fourth-order valence-corrected chi connectivity index (χ4v) is 2.67. The summed E-state index contributed by atoms with van der Waals surface area (Å²) in [6, 6.07) is 13.9. The van der Waals surface area contributed by atoms with E-state index >= 15 is 0 Å². The van der Waals surface area contributed by atoms with E-state index < -0.39 is 11.9 Å². The third-order valence-electron chi connectivity index (χ3n) is 4.10. The number of nitrogens with one attached hydrogen (secondary N) is 1. The lowest BCUT2D eigenvalue weighted by Crippen LogP contribution is -2.17. The van der Waals surface area contributed by atoms with E-state index in [-0.39, 0.29) is 17.9 Å². The smallest absolute Gasteiger partial charge is 0.340 e. The highest BCUT2D eigenvalue weighted by Gasteiger charge is 2.20. The van der Waals surface area contributed by atoms with Crippen LogP contribution in [-0.2, 0) is 4.74 Å². The number of carbonyl (C=O) groups excluding carboxylic acids is 2. The molecule has 0 saturated heterocycles. The molecule has 0 saturated carbocycles. The quantitative estimate of drug-likeness (QED) is 0.661. The Bertz CT molecular complexity index is 996. The largest absolute Gasteiger partial charge is 0.497 e. The Labute approximate surface area is 162 Å². The van der Waals surface area contributed by atoms with Crippen LogP contribution in [0.15, 0.2) is 48.5 Å². The SMILES string of the molecule is CCOC(=O)c1ccccc1NC(=O)c1nnn(-c2ccc(OC)cc2)c1C. The molecule has 0 aliphatic carbocycles. The van der Waals surface area contributed by atoms with Crippen LogP contribution in [0, 0.1) is 6.92 Å². The van der Waals surface area contributed by atoms with Crippen molar-refractivity contribution in [2.75, 3.05) is 19.0 Å². The molecule has 0 radical (unpaired) electrons. The van der Waals surface area contributed by atoms with Gasteiger partial charge in [-0.3, -0.25) is 4.79 Å². The van der Waals surface area contributed by atoms with E-state index in [1.807, 2.05) is 12.1 Å². The first-order valence-electron chi connectivity index (χ1n) is 8.69. The van der Waals surface area contributed by atoms with Crippen molar-refractivity contribution in [3.63, 3.8) is 0 Å². The fourth-order valence-electron chi connectivity index (χ4n) is 2.67. The minimum atomic E-state index is -0.503. The molecular weight excluding hydrogens is 360 g/mol. The van der Waals surface area contributed by atoms with Crippen LogP contribution in [0.1, 0.15) is 33.5 Å². The number of hydrogen-bond acceptors (Lipinski definition) is 6. The van der Waals surface area contributed by atoms with E-state index in [0.29, 0.717) is 11.4 Å². The van der Waals surface area contributed by atoms with Gasteiger partial charge in [-0.05, 0) is 50.2 Å². The molecular formula is C20H20N4O4. The van der Waals surface area contributed by atoms with Crippen LogP contribution in [0.2, 0.25) is 0 Å². The van der Waals surface area contributed by atoms with Crippen LogP contribution >= 0.6 is 0 Å². The number of anilines is 1. The van der Waals surface area contributed by atoms with Crippen molar-refractivity contribution < 1.29 is 19.1 Å². The topological polar surface area (TPSA) is 95.3 Å². The monoisotopic (exact) mass is 380 g/mol. The number of esters is 1. The van der Waals surface area contributed by atoms with Crippen molar-refractivity contribution in [1.82, 2.24) is 15.0 Å². The van der Waals surface area contributed by atoms with Gasteiger partial charge in [0.25, 0.3) is 5.91 Å². The number of methoxy groups -OCH3 is 1. The van der Waals surface area contributed by atoms with Crippen molar-refractivity contribution in [2.24, 2.45) is 0 Å². The molecule has 0 fully saturated rings. The molecule has 1 amide bonds. The van der Waals surface area contributed by atoms with Gasteiger partial charge in [0.1, 0.15) is 5.75 Å². The molecule has 0 aliphatic heterocycles. The first-order valence-corrected chi connectivity index (χ1v) is 8.69. The van der Waals surface area contributed by atoms with Crippen molar-refractivity contribution in [3.8, 4) is 11.4 Å². The van der Waals surface area contributed by atoms with Crippen LogP contribution in [0.5, 0.6) is 5.75 Å². The molecule has 1 aromatic heterocycles.